The lowest BCUT2D eigenvalue weighted by molar-refractivity contribution is 0.0954. The minimum absolute atomic E-state index is 0.193. The monoisotopic (exact) mass is 359 g/mol. The van der Waals surface area contributed by atoms with Crippen molar-refractivity contribution in [1.82, 2.24) is 15.3 Å². The van der Waals surface area contributed by atoms with E-state index in [1.54, 1.807) is 48.9 Å². The molecule has 0 atom stereocenters. The molecule has 6 nitrogen and oxygen atoms in total. The van der Waals surface area contributed by atoms with Gasteiger partial charge in [-0.1, -0.05) is 30.3 Å². The molecule has 2 aromatic carbocycles. The van der Waals surface area contributed by atoms with E-state index in [-0.39, 0.29) is 5.91 Å². The first kappa shape index (κ1) is 16.8. The fourth-order valence-corrected chi connectivity index (χ4v) is 2.93. The number of nitrogens with zero attached hydrogens (tertiary/aromatic N) is 1. The summed E-state index contributed by atoms with van der Waals surface area (Å²) in [6.45, 7) is 0.489. The number of H-pyrrole nitrogens is 1. The van der Waals surface area contributed by atoms with Gasteiger partial charge >= 0.3 is 5.63 Å². The number of hydrogen-bond acceptors (Lipinski definition) is 4. The number of fused-ring (bicyclic) bond motifs is 1. The maximum Gasteiger partial charge on any atom is 0.344 e. The number of carbonyl (C=O) groups is 1. The van der Waals surface area contributed by atoms with Crippen LogP contribution in [0.5, 0.6) is 0 Å². The van der Waals surface area contributed by atoms with Gasteiger partial charge in [-0.2, -0.15) is 0 Å². The highest BCUT2D eigenvalue weighted by Crippen LogP contribution is 2.21. The molecule has 2 heterocycles. The smallest absolute Gasteiger partial charge is 0.344 e. The Balaban J connectivity index is 1.56. The van der Waals surface area contributed by atoms with E-state index in [1.165, 1.54) is 0 Å². The van der Waals surface area contributed by atoms with Crippen LogP contribution in [-0.2, 0) is 6.42 Å². The highest BCUT2D eigenvalue weighted by molar-refractivity contribution is 5.95. The van der Waals surface area contributed by atoms with E-state index in [4.69, 9.17) is 4.42 Å². The lowest BCUT2D eigenvalue weighted by atomic mass is 10.0. The van der Waals surface area contributed by atoms with Crippen molar-refractivity contribution in [1.29, 1.82) is 0 Å². The summed E-state index contributed by atoms with van der Waals surface area (Å²) >= 11 is 0. The summed E-state index contributed by atoms with van der Waals surface area (Å²) < 4.78 is 5.39. The van der Waals surface area contributed by atoms with Crippen molar-refractivity contribution in [2.24, 2.45) is 0 Å². The third-order valence-electron chi connectivity index (χ3n) is 4.31. The Morgan fingerprint density at radius 1 is 1.11 bits per heavy atom. The van der Waals surface area contributed by atoms with Crippen molar-refractivity contribution in [3.63, 3.8) is 0 Å². The van der Waals surface area contributed by atoms with Gasteiger partial charge in [0, 0.05) is 35.8 Å². The van der Waals surface area contributed by atoms with Crippen molar-refractivity contribution in [2.45, 2.75) is 6.42 Å². The van der Waals surface area contributed by atoms with Gasteiger partial charge in [-0.25, -0.2) is 9.78 Å². The average molecular weight is 359 g/mol. The van der Waals surface area contributed by atoms with Crippen LogP contribution in [0.3, 0.4) is 0 Å². The minimum atomic E-state index is -0.425. The zero-order valence-corrected chi connectivity index (χ0v) is 14.4. The number of imidazole rings is 1. The van der Waals surface area contributed by atoms with Gasteiger partial charge < -0.3 is 14.7 Å². The van der Waals surface area contributed by atoms with E-state index in [1.807, 2.05) is 18.2 Å². The van der Waals surface area contributed by atoms with Crippen molar-refractivity contribution < 1.29 is 9.21 Å². The van der Waals surface area contributed by atoms with Crippen LogP contribution in [-0.4, -0.2) is 22.4 Å². The fraction of sp³-hybridized carbons (Fsp3) is 0.0952. The number of nitrogens with one attached hydrogen (secondary N) is 2. The largest absolute Gasteiger partial charge is 0.422 e. The van der Waals surface area contributed by atoms with E-state index in [0.717, 1.165) is 11.1 Å². The summed E-state index contributed by atoms with van der Waals surface area (Å²) in [6, 6.07) is 16.1. The number of rotatable bonds is 5. The van der Waals surface area contributed by atoms with Gasteiger partial charge in [0.2, 0.25) is 0 Å². The van der Waals surface area contributed by atoms with E-state index < -0.39 is 5.63 Å². The molecule has 6 heteroatoms. The maximum atomic E-state index is 12.4. The van der Waals surface area contributed by atoms with Gasteiger partial charge in [-0.15, -0.1) is 0 Å². The van der Waals surface area contributed by atoms with E-state index >= 15 is 0 Å². The zero-order chi connectivity index (χ0) is 18.6. The molecule has 0 radical (unpaired) electrons. The van der Waals surface area contributed by atoms with E-state index in [9.17, 15) is 9.59 Å². The van der Waals surface area contributed by atoms with E-state index in [2.05, 4.69) is 15.3 Å². The molecular weight excluding hydrogens is 342 g/mol. The van der Waals surface area contributed by atoms with Crippen LogP contribution in [0, 0.1) is 0 Å². The Hall–Kier alpha value is -3.67. The first-order chi connectivity index (χ1) is 13.2. The normalized spacial score (nSPS) is 10.8. The van der Waals surface area contributed by atoms with Crippen LogP contribution < -0.4 is 10.9 Å². The predicted octanol–water partition coefficient (Wildman–Crippen LogP) is 3.16. The molecule has 0 saturated heterocycles. The lowest BCUT2D eigenvalue weighted by Crippen LogP contribution is -2.25. The molecule has 0 saturated carbocycles. The Bertz CT molecular complexity index is 1150. The first-order valence-electron chi connectivity index (χ1n) is 8.59. The van der Waals surface area contributed by atoms with Crippen molar-refractivity contribution in [3.05, 3.63) is 88.8 Å². The summed E-state index contributed by atoms with van der Waals surface area (Å²) in [5, 5.41) is 3.71. The molecule has 0 bridgehead atoms. The quantitative estimate of drug-likeness (QED) is 0.536. The number of hydrogen-bond donors (Lipinski definition) is 2. The van der Waals surface area contributed by atoms with Crippen LogP contribution in [0.25, 0.3) is 22.1 Å². The molecule has 0 aliphatic rings. The molecule has 27 heavy (non-hydrogen) atoms. The van der Waals surface area contributed by atoms with Crippen molar-refractivity contribution in [2.75, 3.05) is 6.54 Å². The van der Waals surface area contributed by atoms with Crippen LogP contribution in [0.15, 0.2) is 76.3 Å². The standard InChI is InChI=1S/C21H17N3O3/c25-20(23-9-8-17-12-22-13-24-17)16-6-3-5-14(10-16)18-11-15-4-1-2-7-19(15)27-21(18)26/h1-7,10-13H,8-9H2,(H,22,24)(H,23,25). The molecule has 0 unspecified atom stereocenters. The molecule has 134 valence electrons. The van der Waals surface area contributed by atoms with Gasteiger partial charge in [-0.05, 0) is 29.8 Å². The SMILES string of the molecule is O=C(NCCc1cnc[nH]1)c1cccc(-c2cc3ccccc3oc2=O)c1. The number of aromatic amines is 1. The highest BCUT2D eigenvalue weighted by atomic mass is 16.4. The van der Waals surface area contributed by atoms with Crippen LogP contribution in [0.1, 0.15) is 16.1 Å². The second-order valence-corrected chi connectivity index (χ2v) is 6.15. The number of benzene rings is 2. The lowest BCUT2D eigenvalue weighted by Gasteiger charge is -2.07. The molecule has 0 aliphatic carbocycles. The number of carbonyl (C=O) groups excluding carboxylic acids is 1. The molecule has 0 aliphatic heterocycles. The molecule has 2 N–H and O–H groups in total. The molecule has 4 aromatic rings. The summed E-state index contributed by atoms with van der Waals surface area (Å²) in [7, 11) is 0. The summed E-state index contributed by atoms with van der Waals surface area (Å²) in [5.74, 6) is -0.193. The van der Waals surface area contributed by atoms with Gasteiger partial charge in [0.25, 0.3) is 5.91 Å². The zero-order valence-electron chi connectivity index (χ0n) is 14.4. The Kier molecular flexibility index (Phi) is 4.53. The predicted molar refractivity (Wildman–Crippen MR) is 103 cm³/mol. The number of para-hydroxylation sites is 1. The number of aromatic nitrogens is 2. The summed E-state index contributed by atoms with van der Waals surface area (Å²) in [6.07, 6.45) is 4.00. The van der Waals surface area contributed by atoms with Crippen LogP contribution in [0.2, 0.25) is 0 Å². The summed E-state index contributed by atoms with van der Waals surface area (Å²) in [5.41, 5.74) is 2.64. The van der Waals surface area contributed by atoms with Crippen molar-refractivity contribution >= 4 is 16.9 Å². The average Bonchev–Trinajstić information content (AvgIpc) is 3.21. The van der Waals surface area contributed by atoms with Crippen LogP contribution >= 0.6 is 0 Å². The molecule has 2 aromatic heterocycles. The maximum absolute atomic E-state index is 12.4. The summed E-state index contributed by atoms with van der Waals surface area (Å²) in [4.78, 5) is 31.7. The number of amides is 1. The topological polar surface area (TPSA) is 88.0 Å². The highest BCUT2D eigenvalue weighted by Gasteiger charge is 2.11. The molecule has 1 amide bonds. The van der Waals surface area contributed by atoms with Gasteiger partial charge in [0.15, 0.2) is 0 Å². The van der Waals surface area contributed by atoms with Gasteiger partial charge in [0.05, 0.1) is 11.9 Å². The molecule has 0 fully saturated rings. The Labute approximate surface area is 154 Å². The first-order valence-corrected chi connectivity index (χ1v) is 8.59. The van der Waals surface area contributed by atoms with Crippen molar-refractivity contribution in [3.8, 4) is 11.1 Å². The van der Waals surface area contributed by atoms with Crippen LogP contribution in [0.4, 0.5) is 0 Å². The van der Waals surface area contributed by atoms with Gasteiger partial charge in [0.1, 0.15) is 5.58 Å². The second kappa shape index (κ2) is 7.29. The minimum Gasteiger partial charge on any atom is -0.422 e. The second-order valence-electron chi connectivity index (χ2n) is 6.15. The Morgan fingerprint density at radius 3 is 2.85 bits per heavy atom. The Morgan fingerprint density at radius 2 is 2.00 bits per heavy atom. The van der Waals surface area contributed by atoms with E-state index in [0.29, 0.717) is 35.2 Å². The molecular formula is C21H17N3O3. The third kappa shape index (κ3) is 3.64. The molecule has 0 spiro atoms. The molecule has 4 rings (SSSR count). The fourth-order valence-electron chi connectivity index (χ4n) is 2.93. The third-order valence-corrected chi connectivity index (χ3v) is 4.31. The van der Waals surface area contributed by atoms with Gasteiger partial charge in [-0.3, -0.25) is 4.79 Å².